The summed E-state index contributed by atoms with van der Waals surface area (Å²) in [5.41, 5.74) is 0. The Balaban J connectivity index is 2.03. The lowest BCUT2D eigenvalue weighted by Crippen LogP contribution is -2.33. The fourth-order valence-electron chi connectivity index (χ4n) is 2.02. The minimum absolute atomic E-state index is 0.670. The number of hydrogen-bond acceptors (Lipinski definition) is 1. The first kappa shape index (κ1) is 12.0. The molecule has 1 fully saturated rings. The average Bonchev–Trinajstić information content (AvgIpc) is 2.18. The molecule has 0 aliphatic heterocycles. The van der Waals surface area contributed by atoms with Crippen molar-refractivity contribution in [3.63, 3.8) is 0 Å². The van der Waals surface area contributed by atoms with Crippen LogP contribution >= 0.6 is 0 Å². The number of hydrogen-bond donors (Lipinski definition) is 0. The van der Waals surface area contributed by atoms with Crippen LogP contribution in [-0.4, -0.2) is 12.4 Å². The van der Waals surface area contributed by atoms with Gasteiger partial charge in [0.25, 0.3) is 0 Å². The van der Waals surface area contributed by atoms with Gasteiger partial charge in [0.05, 0.1) is 6.61 Å². The molecule has 83 valence electrons. The summed E-state index contributed by atoms with van der Waals surface area (Å²) in [6, 6.07) is 0. The van der Waals surface area contributed by atoms with Gasteiger partial charge in [-0.05, 0) is 19.3 Å². The lowest BCUT2D eigenvalue weighted by molar-refractivity contribution is -0.256. The van der Waals surface area contributed by atoms with E-state index in [0.29, 0.717) is 6.61 Å². The molecule has 2 nitrogen and oxygen atoms in total. The van der Waals surface area contributed by atoms with Crippen LogP contribution < -0.4 is 0 Å². The van der Waals surface area contributed by atoms with Gasteiger partial charge in [-0.15, -0.1) is 0 Å². The molecule has 2 heteroatoms. The van der Waals surface area contributed by atoms with Gasteiger partial charge in [0.2, 0.25) is 5.79 Å². The average molecular weight is 199 g/mol. The van der Waals surface area contributed by atoms with Crippen molar-refractivity contribution in [2.24, 2.45) is 0 Å². The quantitative estimate of drug-likeness (QED) is 0.474. The molecule has 0 aromatic rings. The minimum Gasteiger partial charge on any atom is -0.347 e. The van der Waals surface area contributed by atoms with Crippen molar-refractivity contribution in [1.82, 2.24) is 0 Å². The van der Waals surface area contributed by atoms with E-state index in [1.807, 2.05) is 0 Å². The summed E-state index contributed by atoms with van der Waals surface area (Å²) in [6.45, 7) is 2.86. The first-order chi connectivity index (χ1) is 6.77. The minimum atomic E-state index is -1.02. The predicted molar refractivity (Wildman–Crippen MR) is 56.6 cm³/mol. The molecule has 0 aromatic heterocycles. The van der Waals surface area contributed by atoms with Crippen LogP contribution in [0, 0.1) is 0 Å². The zero-order valence-electron chi connectivity index (χ0n) is 9.39. The lowest BCUT2D eigenvalue weighted by Gasteiger charge is -2.29. The van der Waals surface area contributed by atoms with Gasteiger partial charge in [-0.2, -0.15) is 5.11 Å². The normalized spacial score (nSPS) is 21.0. The van der Waals surface area contributed by atoms with E-state index < -0.39 is 5.79 Å². The van der Waals surface area contributed by atoms with Crippen LogP contribution in [-0.2, 0) is 9.84 Å². The molecule has 0 bridgehead atoms. The summed E-state index contributed by atoms with van der Waals surface area (Å²) < 4.78 is 5.46. The topological polar surface area (TPSA) is 29.1 Å². The SMILES string of the molecule is CCCCCCOC1([O])CCCCC1. The summed E-state index contributed by atoms with van der Waals surface area (Å²) in [5, 5.41) is 11.9. The molecule has 1 saturated carbocycles. The first-order valence-corrected chi connectivity index (χ1v) is 6.11. The molecular formula is C12H23O2. The van der Waals surface area contributed by atoms with Crippen LogP contribution in [0.1, 0.15) is 64.7 Å². The Morgan fingerprint density at radius 2 is 1.79 bits per heavy atom. The zero-order valence-corrected chi connectivity index (χ0v) is 9.39. The van der Waals surface area contributed by atoms with Crippen LogP contribution in [0.4, 0.5) is 0 Å². The van der Waals surface area contributed by atoms with E-state index in [1.165, 1.54) is 25.7 Å². The molecule has 0 amide bonds. The van der Waals surface area contributed by atoms with E-state index in [0.717, 1.165) is 32.1 Å². The third-order valence-electron chi connectivity index (χ3n) is 2.98. The smallest absolute Gasteiger partial charge is 0.201 e. The van der Waals surface area contributed by atoms with E-state index in [2.05, 4.69) is 6.92 Å². The summed E-state index contributed by atoms with van der Waals surface area (Å²) in [5.74, 6) is -1.02. The van der Waals surface area contributed by atoms with Crippen LogP contribution in [0.15, 0.2) is 0 Å². The van der Waals surface area contributed by atoms with Crippen LogP contribution in [0.2, 0.25) is 0 Å². The maximum atomic E-state index is 11.9. The van der Waals surface area contributed by atoms with Crippen molar-refractivity contribution in [3.8, 4) is 0 Å². The van der Waals surface area contributed by atoms with E-state index in [-0.39, 0.29) is 0 Å². The van der Waals surface area contributed by atoms with E-state index in [1.54, 1.807) is 0 Å². The molecule has 1 aliphatic rings. The summed E-state index contributed by atoms with van der Waals surface area (Å²) in [6.07, 6.45) is 9.52. The molecule has 1 radical (unpaired) electrons. The molecule has 0 unspecified atom stereocenters. The number of rotatable bonds is 6. The Morgan fingerprint density at radius 3 is 2.43 bits per heavy atom. The Morgan fingerprint density at radius 1 is 1.07 bits per heavy atom. The Bertz CT molecular complexity index is 139. The predicted octanol–water partition coefficient (Wildman–Crippen LogP) is 3.67. The summed E-state index contributed by atoms with van der Waals surface area (Å²) in [4.78, 5) is 0. The van der Waals surface area contributed by atoms with Crippen molar-refractivity contribution in [2.45, 2.75) is 70.5 Å². The Labute approximate surface area is 87.7 Å². The largest absolute Gasteiger partial charge is 0.347 e. The molecule has 0 N–H and O–H groups in total. The highest BCUT2D eigenvalue weighted by molar-refractivity contribution is 4.72. The maximum Gasteiger partial charge on any atom is 0.201 e. The van der Waals surface area contributed by atoms with Gasteiger partial charge >= 0.3 is 0 Å². The Kier molecular flexibility index (Phi) is 5.49. The second-order valence-corrected chi connectivity index (χ2v) is 4.38. The molecule has 0 spiro atoms. The third kappa shape index (κ3) is 4.43. The van der Waals surface area contributed by atoms with E-state index in [9.17, 15) is 5.11 Å². The van der Waals surface area contributed by atoms with Crippen molar-refractivity contribution < 1.29 is 9.84 Å². The molecule has 1 rings (SSSR count). The monoisotopic (exact) mass is 199 g/mol. The molecule has 14 heavy (non-hydrogen) atoms. The van der Waals surface area contributed by atoms with Crippen molar-refractivity contribution in [1.29, 1.82) is 0 Å². The number of unbranched alkanes of at least 4 members (excludes halogenated alkanes) is 3. The molecule has 0 saturated heterocycles. The third-order valence-corrected chi connectivity index (χ3v) is 2.98. The lowest BCUT2D eigenvalue weighted by atomic mass is 9.94. The molecular weight excluding hydrogens is 176 g/mol. The van der Waals surface area contributed by atoms with Crippen LogP contribution in [0.25, 0.3) is 0 Å². The maximum absolute atomic E-state index is 11.9. The Hall–Kier alpha value is -0.0800. The second kappa shape index (κ2) is 6.41. The van der Waals surface area contributed by atoms with Gasteiger partial charge < -0.3 is 4.74 Å². The highest BCUT2D eigenvalue weighted by atomic mass is 16.6. The second-order valence-electron chi connectivity index (χ2n) is 4.38. The van der Waals surface area contributed by atoms with Crippen molar-refractivity contribution in [3.05, 3.63) is 0 Å². The standard InChI is InChI=1S/C12H23O2/c1-2-3-4-8-11-14-12(13)9-6-5-7-10-12/h2-11H2,1H3. The highest BCUT2D eigenvalue weighted by Crippen LogP contribution is 2.29. The van der Waals surface area contributed by atoms with Gasteiger partial charge in [0, 0.05) is 12.8 Å². The fourth-order valence-corrected chi connectivity index (χ4v) is 2.02. The van der Waals surface area contributed by atoms with Gasteiger partial charge in [0.15, 0.2) is 0 Å². The van der Waals surface area contributed by atoms with Crippen molar-refractivity contribution in [2.75, 3.05) is 6.61 Å². The van der Waals surface area contributed by atoms with E-state index >= 15 is 0 Å². The van der Waals surface area contributed by atoms with Crippen molar-refractivity contribution >= 4 is 0 Å². The number of ether oxygens (including phenoxy) is 1. The van der Waals surface area contributed by atoms with Gasteiger partial charge in [-0.1, -0.05) is 32.6 Å². The van der Waals surface area contributed by atoms with Gasteiger partial charge in [-0.3, -0.25) is 0 Å². The van der Waals surface area contributed by atoms with Crippen LogP contribution in [0.3, 0.4) is 0 Å². The molecule has 0 aromatic carbocycles. The molecule has 1 aliphatic carbocycles. The molecule has 0 heterocycles. The summed E-state index contributed by atoms with van der Waals surface area (Å²) >= 11 is 0. The zero-order chi connectivity index (χ0) is 10.3. The highest BCUT2D eigenvalue weighted by Gasteiger charge is 2.31. The van der Waals surface area contributed by atoms with Gasteiger partial charge in [0.1, 0.15) is 0 Å². The van der Waals surface area contributed by atoms with Gasteiger partial charge in [-0.25, -0.2) is 0 Å². The first-order valence-electron chi connectivity index (χ1n) is 6.11. The molecule has 0 atom stereocenters. The summed E-state index contributed by atoms with van der Waals surface area (Å²) in [7, 11) is 0. The fraction of sp³-hybridized carbons (Fsp3) is 1.00. The van der Waals surface area contributed by atoms with Crippen LogP contribution in [0.5, 0.6) is 0 Å². The van der Waals surface area contributed by atoms with E-state index in [4.69, 9.17) is 4.74 Å².